The number of sulfonamides is 1. The van der Waals surface area contributed by atoms with Crippen molar-refractivity contribution in [1.82, 2.24) is 4.73 Å². The Morgan fingerprint density at radius 2 is 1.90 bits per heavy atom. The van der Waals surface area contributed by atoms with Crippen molar-refractivity contribution in [2.45, 2.75) is 31.9 Å². The number of aromatic nitrogens is 1. The van der Waals surface area contributed by atoms with Gasteiger partial charge < -0.3 is 9.94 Å². The van der Waals surface area contributed by atoms with E-state index in [2.05, 4.69) is 4.72 Å². The number of thiophene rings is 1. The summed E-state index contributed by atoms with van der Waals surface area (Å²) in [7, 11) is -3.80. The van der Waals surface area contributed by atoms with E-state index >= 15 is 0 Å². The molecular weight excluding hydrogens is 416 g/mol. The SMILES string of the molecule is CC(=O)c1c(O)n(OC(=O)C(C)(C)C)c2cc(NS(=O)(=O)c3cccs3)ccc12. The Bertz CT molecular complexity index is 1200. The lowest BCUT2D eigenvalue weighted by Gasteiger charge is -2.17. The van der Waals surface area contributed by atoms with Crippen molar-refractivity contribution in [2.24, 2.45) is 5.41 Å². The van der Waals surface area contributed by atoms with Crippen molar-refractivity contribution < 1.29 is 28.0 Å². The molecule has 29 heavy (non-hydrogen) atoms. The number of fused-ring (bicyclic) bond motifs is 1. The number of rotatable bonds is 5. The molecule has 8 nitrogen and oxygen atoms in total. The van der Waals surface area contributed by atoms with E-state index in [1.807, 2.05) is 0 Å². The molecule has 0 spiro atoms. The number of benzene rings is 1. The van der Waals surface area contributed by atoms with Gasteiger partial charge in [0.15, 0.2) is 5.78 Å². The van der Waals surface area contributed by atoms with Crippen molar-refractivity contribution in [1.29, 1.82) is 0 Å². The van der Waals surface area contributed by atoms with Gasteiger partial charge in [0.05, 0.1) is 22.2 Å². The summed E-state index contributed by atoms with van der Waals surface area (Å²) >= 11 is 1.07. The predicted molar refractivity (Wildman–Crippen MR) is 110 cm³/mol. The second-order valence-electron chi connectivity index (χ2n) is 7.45. The van der Waals surface area contributed by atoms with Gasteiger partial charge in [0.2, 0.25) is 5.88 Å². The number of nitrogens with zero attached hydrogens (tertiary/aromatic N) is 1. The van der Waals surface area contributed by atoms with E-state index in [1.165, 1.54) is 31.2 Å². The van der Waals surface area contributed by atoms with E-state index in [4.69, 9.17) is 4.84 Å². The van der Waals surface area contributed by atoms with E-state index in [0.29, 0.717) is 5.39 Å². The zero-order chi connectivity index (χ0) is 21.6. The second kappa shape index (κ2) is 7.20. The summed E-state index contributed by atoms with van der Waals surface area (Å²) in [5.41, 5.74) is -0.518. The summed E-state index contributed by atoms with van der Waals surface area (Å²) in [5.74, 6) is -1.59. The van der Waals surface area contributed by atoms with E-state index in [9.17, 15) is 23.1 Å². The third kappa shape index (κ3) is 3.99. The molecule has 1 aromatic carbocycles. The molecule has 0 bridgehead atoms. The molecule has 0 atom stereocenters. The first-order valence-electron chi connectivity index (χ1n) is 8.59. The van der Waals surface area contributed by atoms with E-state index < -0.39 is 33.1 Å². The highest BCUT2D eigenvalue weighted by atomic mass is 32.2. The number of ketones is 1. The summed E-state index contributed by atoms with van der Waals surface area (Å²) in [6.45, 7) is 6.21. The van der Waals surface area contributed by atoms with Crippen LogP contribution in [0.4, 0.5) is 5.69 Å². The number of carbonyl (C=O) groups is 2. The Kier molecular flexibility index (Phi) is 5.18. The maximum absolute atomic E-state index is 12.5. The lowest BCUT2D eigenvalue weighted by molar-refractivity contribution is -0.153. The lowest BCUT2D eigenvalue weighted by Crippen LogP contribution is -2.31. The van der Waals surface area contributed by atoms with Crippen LogP contribution in [0.5, 0.6) is 5.88 Å². The van der Waals surface area contributed by atoms with Gasteiger partial charge in [-0.05, 0) is 57.3 Å². The number of carbonyl (C=O) groups excluding carboxylic acids is 2. The third-order valence-electron chi connectivity index (χ3n) is 4.05. The minimum atomic E-state index is -3.80. The van der Waals surface area contributed by atoms with Crippen LogP contribution in [0.1, 0.15) is 38.1 Å². The predicted octanol–water partition coefficient (Wildman–Crippen LogP) is 3.41. The average molecular weight is 437 g/mol. The van der Waals surface area contributed by atoms with Crippen LogP contribution >= 0.6 is 11.3 Å². The molecule has 0 saturated carbocycles. The third-order valence-corrected chi connectivity index (χ3v) is 6.83. The number of aromatic hydroxyl groups is 1. The van der Waals surface area contributed by atoms with Crippen LogP contribution in [-0.4, -0.2) is 30.0 Å². The van der Waals surface area contributed by atoms with Crippen LogP contribution < -0.4 is 9.56 Å². The molecular formula is C19H20N2O6S2. The molecule has 0 unspecified atom stereocenters. The molecule has 0 radical (unpaired) electrons. The standard InChI is InChI=1S/C19H20N2O6S2/c1-11(22)16-13-8-7-12(20-29(25,26)15-6-5-9-28-15)10-14(13)21(17(16)23)27-18(24)19(2,3)4/h5-10,20,23H,1-4H3. The first-order valence-corrected chi connectivity index (χ1v) is 11.0. The molecule has 0 fully saturated rings. The number of Topliss-reactive ketones (excluding diaryl/α,β-unsaturated/α-hetero) is 1. The Labute approximate surface area is 171 Å². The summed E-state index contributed by atoms with van der Waals surface area (Å²) in [4.78, 5) is 29.7. The van der Waals surface area contributed by atoms with Crippen LogP contribution in [-0.2, 0) is 14.8 Å². The highest BCUT2D eigenvalue weighted by molar-refractivity contribution is 7.94. The van der Waals surface area contributed by atoms with E-state index in [-0.39, 0.29) is 21.0 Å². The van der Waals surface area contributed by atoms with Crippen LogP contribution in [0.3, 0.4) is 0 Å². The molecule has 3 aromatic rings. The maximum Gasteiger partial charge on any atom is 0.338 e. The van der Waals surface area contributed by atoms with Gasteiger partial charge in [0, 0.05) is 5.39 Å². The normalized spacial score (nSPS) is 12.1. The molecule has 0 aliphatic carbocycles. The summed E-state index contributed by atoms with van der Waals surface area (Å²) in [6, 6.07) is 7.44. The Morgan fingerprint density at radius 3 is 2.45 bits per heavy atom. The molecule has 2 heterocycles. The molecule has 0 aliphatic rings. The number of hydrogen-bond donors (Lipinski definition) is 2. The van der Waals surface area contributed by atoms with Gasteiger partial charge in [-0.3, -0.25) is 9.52 Å². The number of anilines is 1. The van der Waals surface area contributed by atoms with Crippen LogP contribution in [0.15, 0.2) is 39.9 Å². The average Bonchev–Trinajstić information content (AvgIpc) is 3.22. The van der Waals surface area contributed by atoms with E-state index in [1.54, 1.807) is 32.2 Å². The largest absolute Gasteiger partial charge is 0.492 e. The Hall–Kier alpha value is -2.85. The van der Waals surface area contributed by atoms with Gasteiger partial charge in [-0.2, -0.15) is 0 Å². The van der Waals surface area contributed by atoms with Crippen molar-refractivity contribution in [2.75, 3.05) is 4.72 Å². The fraction of sp³-hybridized carbons (Fsp3) is 0.263. The fourth-order valence-corrected chi connectivity index (χ4v) is 4.63. The Morgan fingerprint density at radius 1 is 1.21 bits per heavy atom. The molecule has 2 aromatic heterocycles. The first kappa shape index (κ1) is 20.9. The molecule has 0 saturated heterocycles. The number of nitrogens with one attached hydrogen (secondary N) is 1. The maximum atomic E-state index is 12.5. The second-order valence-corrected chi connectivity index (χ2v) is 10.3. The van der Waals surface area contributed by atoms with Gasteiger partial charge >= 0.3 is 5.97 Å². The first-order chi connectivity index (χ1) is 13.4. The van der Waals surface area contributed by atoms with Gasteiger partial charge in [0.1, 0.15) is 4.21 Å². The highest BCUT2D eigenvalue weighted by Crippen LogP contribution is 2.34. The monoisotopic (exact) mass is 436 g/mol. The minimum absolute atomic E-state index is 0.0191. The summed E-state index contributed by atoms with van der Waals surface area (Å²) < 4.78 is 28.4. The summed E-state index contributed by atoms with van der Waals surface area (Å²) in [5, 5.41) is 12.5. The zero-order valence-electron chi connectivity index (χ0n) is 16.2. The van der Waals surface area contributed by atoms with Crippen molar-refractivity contribution >= 4 is 49.7 Å². The smallest absolute Gasteiger partial charge is 0.338 e. The van der Waals surface area contributed by atoms with Crippen molar-refractivity contribution in [3.05, 3.63) is 41.3 Å². The van der Waals surface area contributed by atoms with Gasteiger partial charge in [-0.1, -0.05) is 6.07 Å². The van der Waals surface area contributed by atoms with E-state index in [0.717, 1.165) is 16.1 Å². The molecule has 154 valence electrons. The number of hydrogen-bond acceptors (Lipinski definition) is 7. The zero-order valence-corrected chi connectivity index (χ0v) is 17.8. The van der Waals surface area contributed by atoms with Crippen LogP contribution in [0, 0.1) is 5.41 Å². The molecule has 3 rings (SSSR count). The van der Waals surface area contributed by atoms with Gasteiger partial charge in [-0.25, -0.2) is 13.2 Å². The molecule has 2 N–H and O–H groups in total. The quantitative estimate of drug-likeness (QED) is 0.593. The molecule has 0 aliphatic heterocycles. The summed E-state index contributed by atoms with van der Waals surface area (Å²) in [6.07, 6.45) is 0. The molecule has 10 heteroatoms. The molecule has 0 amide bonds. The highest BCUT2D eigenvalue weighted by Gasteiger charge is 2.28. The lowest BCUT2D eigenvalue weighted by atomic mass is 9.98. The minimum Gasteiger partial charge on any atom is -0.492 e. The van der Waals surface area contributed by atoms with Crippen LogP contribution in [0.2, 0.25) is 0 Å². The fourth-order valence-electron chi connectivity index (χ4n) is 2.59. The van der Waals surface area contributed by atoms with Crippen molar-refractivity contribution in [3.63, 3.8) is 0 Å². The Balaban J connectivity index is 2.12. The topological polar surface area (TPSA) is 115 Å². The van der Waals surface area contributed by atoms with Crippen molar-refractivity contribution in [3.8, 4) is 5.88 Å². The van der Waals surface area contributed by atoms with Gasteiger partial charge in [0.25, 0.3) is 10.0 Å². The van der Waals surface area contributed by atoms with Crippen LogP contribution in [0.25, 0.3) is 10.9 Å². The van der Waals surface area contributed by atoms with Gasteiger partial charge in [-0.15, -0.1) is 16.1 Å².